The van der Waals surface area contributed by atoms with Crippen molar-refractivity contribution in [3.8, 4) is 0 Å². The van der Waals surface area contributed by atoms with Gasteiger partial charge in [-0.1, -0.05) is 18.2 Å². The second-order valence-corrected chi connectivity index (χ2v) is 8.18. The van der Waals surface area contributed by atoms with Crippen molar-refractivity contribution in [2.45, 2.75) is 38.1 Å². The topological polar surface area (TPSA) is 46.9 Å². The second-order valence-electron chi connectivity index (χ2n) is 7.20. The van der Waals surface area contributed by atoms with Crippen LogP contribution in [0.1, 0.15) is 40.7 Å². The molecule has 3 aromatic rings. The van der Waals surface area contributed by atoms with Crippen molar-refractivity contribution in [3.05, 3.63) is 75.5 Å². The Kier molecular flexibility index (Phi) is 4.60. The molecule has 0 bridgehead atoms. The maximum Gasteiger partial charge on any atom is 0.230 e. The van der Waals surface area contributed by atoms with Crippen molar-refractivity contribution >= 4 is 17.2 Å². The van der Waals surface area contributed by atoms with Gasteiger partial charge < -0.3 is 5.32 Å². The van der Waals surface area contributed by atoms with Gasteiger partial charge in [-0.3, -0.25) is 9.48 Å². The van der Waals surface area contributed by atoms with Crippen LogP contribution in [-0.2, 0) is 10.2 Å². The minimum atomic E-state index is -0.511. The third kappa shape index (κ3) is 3.41. The summed E-state index contributed by atoms with van der Waals surface area (Å²) in [7, 11) is 0. The number of carbonyl (C=O) groups is 1. The number of nitrogens with one attached hydrogen (secondary N) is 1. The van der Waals surface area contributed by atoms with E-state index in [0.29, 0.717) is 6.54 Å². The molecule has 0 saturated heterocycles. The van der Waals surface area contributed by atoms with Crippen molar-refractivity contribution in [2.24, 2.45) is 0 Å². The lowest BCUT2D eigenvalue weighted by Crippen LogP contribution is -2.38. The van der Waals surface area contributed by atoms with Gasteiger partial charge in [0, 0.05) is 17.1 Å². The highest BCUT2D eigenvalue weighted by atomic mass is 32.1. The zero-order valence-corrected chi connectivity index (χ0v) is 16.2. The third-order valence-electron chi connectivity index (χ3n) is 5.25. The molecule has 4 nitrogen and oxygen atoms in total. The van der Waals surface area contributed by atoms with Gasteiger partial charge in [0.05, 0.1) is 11.1 Å². The van der Waals surface area contributed by atoms with Gasteiger partial charge in [0.1, 0.15) is 11.9 Å². The molecule has 27 heavy (non-hydrogen) atoms. The smallest absolute Gasteiger partial charge is 0.230 e. The average molecular weight is 383 g/mol. The number of thiophene rings is 1. The molecule has 1 aliphatic rings. The lowest BCUT2D eigenvalue weighted by molar-refractivity contribution is -0.123. The van der Waals surface area contributed by atoms with Crippen LogP contribution in [0.3, 0.4) is 0 Å². The summed E-state index contributed by atoms with van der Waals surface area (Å²) < 4.78 is 15.2. The largest absolute Gasteiger partial charge is 0.353 e. The fourth-order valence-electron chi connectivity index (χ4n) is 3.65. The predicted molar refractivity (Wildman–Crippen MR) is 104 cm³/mol. The van der Waals surface area contributed by atoms with Gasteiger partial charge in [0.25, 0.3) is 0 Å². The van der Waals surface area contributed by atoms with Crippen molar-refractivity contribution in [1.29, 1.82) is 0 Å². The molecule has 1 aromatic carbocycles. The first-order valence-corrected chi connectivity index (χ1v) is 9.98. The van der Waals surface area contributed by atoms with E-state index in [-0.39, 0.29) is 17.8 Å². The minimum Gasteiger partial charge on any atom is -0.353 e. The molecule has 1 saturated carbocycles. The highest BCUT2D eigenvalue weighted by molar-refractivity contribution is 7.10. The van der Waals surface area contributed by atoms with Crippen LogP contribution >= 0.6 is 11.3 Å². The Hall–Kier alpha value is -2.47. The molecule has 0 radical (unpaired) electrons. The van der Waals surface area contributed by atoms with E-state index in [1.807, 2.05) is 36.0 Å². The number of carbonyl (C=O) groups excluding carboxylic acids is 1. The van der Waals surface area contributed by atoms with Crippen LogP contribution in [0.15, 0.2) is 47.8 Å². The second kappa shape index (κ2) is 6.93. The molecule has 0 spiro atoms. The third-order valence-corrected chi connectivity index (χ3v) is 6.22. The van der Waals surface area contributed by atoms with E-state index in [9.17, 15) is 9.18 Å². The molecule has 2 aromatic heterocycles. The molecule has 6 heteroatoms. The van der Waals surface area contributed by atoms with Crippen LogP contribution in [0.4, 0.5) is 4.39 Å². The Morgan fingerprint density at radius 1 is 1.30 bits per heavy atom. The van der Waals surface area contributed by atoms with Gasteiger partial charge in [-0.05, 0) is 61.9 Å². The maximum atomic E-state index is 13.2. The Labute approximate surface area is 162 Å². The van der Waals surface area contributed by atoms with Crippen LogP contribution in [0, 0.1) is 19.7 Å². The van der Waals surface area contributed by atoms with Crippen LogP contribution < -0.4 is 5.32 Å². The maximum absolute atomic E-state index is 13.2. The van der Waals surface area contributed by atoms with E-state index in [1.165, 1.54) is 12.1 Å². The highest BCUT2D eigenvalue weighted by Crippen LogP contribution is 2.48. The van der Waals surface area contributed by atoms with Crippen molar-refractivity contribution < 1.29 is 9.18 Å². The summed E-state index contributed by atoms with van der Waals surface area (Å²) in [5.41, 5.74) is 2.41. The highest BCUT2D eigenvalue weighted by Gasteiger charge is 2.51. The molecular formula is C21H22FN3OS. The van der Waals surface area contributed by atoms with Gasteiger partial charge in [0.2, 0.25) is 5.91 Å². The zero-order chi connectivity index (χ0) is 19.0. The summed E-state index contributed by atoms with van der Waals surface area (Å²) in [5, 5.41) is 9.79. The van der Waals surface area contributed by atoms with Gasteiger partial charge in [-0.2, -0.15) is 5.10 Å². The van der Waals surface area contributed by atoms with Crippen LogP contribution in [0.25, 0.3) is 0 Å². The summed E-state index contributed by atoms with van der Waals surface area (Å²) in [6.07, 6.45) is 1.60. The van der Waals surface area contributed by atoms with Gasteiger partial charge in [-0.25, -0.2) is 4.39 Å². The number of hydrogen-bond donors (Lipinski definition) is 1. The molecule has 1 atom stereocenters. The van der Waals surface area contributed by atoms with Crippen molar-refractivity contribution in [2.75, 3.05) is 6.54 Å². The quantitative estimate of drug-likeness (QED) is 0.695. The lowest BCUT2D eigenvalue weighted by Gasteiger charge is -2.21. The monoisotopic (exact) mass is 383 g/mol. The Balaban J connectivity index is 1.54. The number of aromatic nitrogens is 2. The molecule has 1 N–H and O–H groups in total. The number of rotatable bonds is 6. The first-order chi connectivity index (χ1) is 13.0. The van der Waals surface area contributed by atoms with E-state index in [1.54, 1.807) is 23.5 Å². The van der Waals surface area contributed by atoms with Crippen molar-refractivity contribution in [3.63, 3.8) is 0 Å². The Morgan fingerprint density at radius 2 is 2.04 bits per heavy atom. The van der Waals surface area contributed by atoms with E-state index < -0.39 is 5.41 Å². The number of benzene rings is 1. The summed E-state index contributed by atoms with van der Waals surface area (Å²) in [5.74, 6) is -0.269. The summed E-state index contributed by atoms with van der Waals surface area (Å²) in [4.78, 5) is 14.1. The summed E-state index contributed by atoms with van der Waals surface area (Å²) >= 11 is 1.66. The molecule has 0 aliphatic heterocycles. The van der Waals surface area contributed by atoms with E-state index in [0.717, 1.165) is 34.7 Å². The van der Waals surface area contributed by atoms with Crippen LogP contribution in [0.5, 0.6) is 0 Å². The number of aryl methyl sites for hydroxylation is 2. The molecule has 2 heterocycles. The first kappa shape index (κ1) is 17.9. The van der Waals surface area contributed by atoms with Gasteiger partial charge in [-0.15, -0.1) is 11.3 Å². The molecule has 1 unspecified atom stereocenters. The summed E-state index contributed by atoms with van der Waals surface area (Å²) in [6.45, 7) is 4.48. The molecule has 140 valence electrons. The minimum absolute atomic E-state index is 0.0113. The Bertz CT molecular complexity index is 942. The molecule has 1 aliphatic carbocycles. The zero-order valence-electron chi connectivity index (χ0n) is 15.4. The van der Waals surface area contributed by atoms with E-state index in [2.05, 4.69) is 16.5 Å². The number of hydrogen-bond acceptors (Lipinski definition) is 3. The van der Waals surface area contributed by atoms with E-state index >= 15 is 0 Å². The SMILES string of the molecule is Cc1cc(C)n(C(CNC(=O)C2(c3ccc(F)cc3)CC2)c2cccs2)n1. The van der Waals surface area contributed by atoms with E-state index in [4.69, 9.17) is 0 Å². The first-order valence-electron chi connectivity index (χ1n) is 9.10. The number of nitrogens with zero attached hydrogens (tertiary/aromatic N) is 2. The van der Waals surface area contributed by atoms with Gasteiger partial charge in [0.15, 0.2) is 0 Å². The average Bonchev–Trinajstić information content (AvgIpc) is 3.14. The molecular weight excluding hydrogens is 361 g/mol. The number of amides is 1. The van der Waals surface area contributed by atoms with Crippen LogP contribution in [-0.4, -0.2) is 22.2 Å². The predicted octanol–water partition coefficient (Wildman–Crippen LogP) is 4.14. The fourth-order valence-corrected chi connectivity index (χ4v) is 4.46. The Morgan fingerprint density at radius 3 is 2.59 bits per heavy atom. The molecule has 1 fully saturated rings. The normalized spacial score (nSPS) is 16.1. The summed E-state index contributed by atoms with van der Waals surface area (Å²) in [6, 6.07) is 12.4. The van der Waals surface area contributed by atoms with Gasteiger partial charge >= 0.3 is 0 Å². The lowest BCUT2D eigenvalue weighted by atomic mass is 9.95. The van der Waals surface area contributed by atoms with Crippen molar-refractivity contribution in [1.82, 2.24) is 15.1 Å². The fraction of sp³-hybridized carbons (Fsp3) is 0.333. The molecule has 4 rings (SSSR count). The molecule has 1 amide bonds. The number of halogens is 1. The van der Waals surface area contributed by atoms with Crippen LogP contribution in [0.2, 0.25) is 0 Å². The standard InChI is InChI=1S/C21H22FN3OS/c1-14-12-15(2)25(24-14)18(19-4-3-11-27-19)13-23-20(26)21(9-10-21)16-5-7-17(22)8-6-16/h3-8,11-12,18H,9-10,13H2,1-2H3,(H,23,26).